The number of halogens is 3. The second-order valence-corrected chi connectivity index (χ2v) is 7.28. The fourth-order valence-corrected chi connectivity index (χ4v) is 3.48. The summed E-state index contributed by atoms with van der Waals surface area (Å²) in [6.07, 6.45) is -2.80. The van der Waals surface area contributed by atoms with Crippen molar-refractivity contribution in [3.05, 3.63) is 113 Å². The third kappa shape index (κ3) is 4.88. The Balaban J connectivity index is 1.60. The van der Waals surface area contributed by atoms with E-state index in [1.807, 2.05) is 66.9 Å². The van der Waals surface area contributed by atoms with Crippen LogP contribution in [-0.4, -0.2) is 15.7 Å². The van der Waals surface area contributed by atoms with Crippen molar-refractivity contribution in [2.45, 2.75) is 19.3 Å². The molecule has 0 radical (unpaired) electrons. The highest BCUT2D eigenvalue weighted by Gasteiger charge is 2.34. The number of carbonyl (C=O) groups excluding carboxylic acids is 1. The summed E-state index contributed by atoms with van der Waals surface area (Å²) in [6, 6.07) is 24.0. The SMILES string of the molecule is O=C(NCc1cn(Cc2ccccc2)nc1-c1ccccc1)c1ccccc1C(F)(F)F. The third-order valence-corrected chi connectivity index (χ3v) is 4.99. The van der Waals surface area contributed by atoms with Crippen molar-refractivity contribution in [1.82, 2.24) is 15.1 Å². The first-order chi connectivity index (χ1) is 15.4. The molecule has 4 aromatic rings. The van der Waals surface area contributed by atoms with E-state index in [1.54, 1.807) is 4.68 Å². The predicted molar refractivity (Wildman–Crippen MR) is 116 cm³/mol. The average molecular weight is 435 g/mol. The van der Waals surface area contributed by atoms with Crippen LogP contribution in [0.2, 0.25) is 0 Å². The molecule has 0 atom stereocenters. The van der Waals surface area contributed by atoms with E-state index >= 15 is 0 Å². The summed E-state index contributed by atoms with van der Waals surface area (Å²) in [6.45, 7) is 0.579. The number of nitrogens with zero attached hydrogens (tertiary/aromatic N) is 2. The van der Waals surface area contributed by atoms with Crippen LogP contribution in [-0.2, 0) is 19.3 Å². The zero-order valence-corrected chi connectivity index (χ0v) is 17.0. The number of benzene rings is 3. The van der Waals surface area contributed by atoms with Crippen LogP contribution in [0.1, 0.15) is 27.0 Å². The first-order valence-electron chi connectivity index (χ1n) is 10.0. The highest BCUT2D eigenvalue weighted by molar-refractivity contribution is 5.95. The lowest BCUT2D eigenvalue weighted by atomic mass is 10.1. The van der Waals surface area contributed by atoms with Gasteiger partial charge in [-0.05, 0) is 17.7 Å². The molecule has 1 amide bonds. The fourth-order valence-electron chi connectivity index (χ4n) is 3.48. The van der Waals surface area contributed by atoms with Gasteiger partial charge >= 0.3 is 6.18 Å². The number of hydrogen-bond donors (Lipinski definition) is 1. The van der Waals surface area contributed by atoms with Gasteiger partial charge in [0.1, 0.15) is 0 Å². The first-order valence-corrected chi connectivity index (χ1v) is 10.0. The average Bonchev–Trinajstić information content (AvgIpc) is 3.20. The van der Waals surface area contributed by atoms with Gasteiger partial charge < -0.3 is 5.32 Å². The molecule has 0 aliphatic rings. The molecule has 3 aromatic carbocycles. The van der Waals surface area contributed by atoms with E-state index in [1.165, 1.54) is 18.2 Å². The number of rotatable bonds is 6. The first kappa shape index (κ1) is 21.4. The van der Waals surface area contributed by atoms with Crippen LogP contribution < -0.4 is 5.32 Å². The summed E-state index contributed by atoms with van der Waals surface area (Å²) in [5, 5.41) is 7.29. The molecule has 1 aromatic heterocycles. The second kappa shape index (κ2) is 9.09. The molecule has 0 saturated heterocycles. The molecule has 1 heterocycles. The summed E-state index contributed by atoms with van der Waals surface area (Å²) in [4.78, 5) is 12.6. The van der Waals surface area contributed by atoms with E-state index in [2.05, 4.69) is 10.4 Å². The zero-order chi connectivity index (χ0) is 22.6. The molecule has 0 aliphatic heterocycles. The van der Waals surface area contributed by atoms with Crippen LogP contribution >= 0.6 is 0 Å². The van der Waals surface area contributed by atoms with E-state index in [9.17, 15) is 18.0 Å². The Morgan fingerprint density at radius 3 is 2.19 bits per heavy atom. The van der Waals surface area contributed by atoms with Gasteiger partial charge in [0.15, 0.2) is 0 Å². The Hall–Kier alpha value is -3.87. The maximum absolute atomic E-state index is 13.3. The molecule has 1 N–H and O–H groups in total. The summed E-state index contributed by atoms with van der Waals surface area (Å²) < 4.78 is 41.6. The van der Waals surface area contributed by atoms with E-state index in [0.29, 0.717) is 17.8 Å². The van der Waals surface area contributed by atoms with Crippen molar-refractivity contribution in [3.63, 3.8) is 0 Å². The fraction of sp³-hybridized carbons (Fsp3) is 0.120. The normalized spacial score (nSPS) is 11.3. The highest BCUT2D eigenvalue weighted by atomic mass is 19.4. The molecule has 7 heteroatoms. The zero-order valence-electron chi connectivity index (χ0n) is 17.0. The van der Waals surface area contributed by atoms with Crippen LogP contribution in [0.25, 0.3) is 11.3 Å². The predicted octanol–water partition coefficient (Wildman–Crippen LogP) is 5.55. The summed E-state index contributed by atoms with van der Waals surface area (Å²) in [5.41, 5.74) is 1.94. The Morgan fingerprint density at radius 1 is 0.875 bits per heavy atom. The van der Waals surface area contributed by atoms with E-state index in [4.69, 9.17) is 0 Å². The minimum Gasteiger partial charge on any atom is -0.348 e. The van der Waals surface area contributed by atoms with Gasteiger partial charge in [0.2, 0.25) is 0 Å². The summed E-state index contributed by atoms with van der Waals surface area (Å²) in [7, 11) is 0. The summed E-state index contributed by atoms with van der Waals surface area (Å²) in [5.74, 6) is -0.784. The smallest absolute Gasteiger partial charge is 0.348 e. The van der Waals surface area contributed by atoms with Gasteiger partial charge in [0, 0.05) is 23.9 Å². The molecule has 0 bridgehead atoms. The van der Waals surface area contributed by atoms with Gasteiger partial charge in [-0.1, -0.05) is 72.8 Å². The van der Waals surface area contributed by atoms with E-state index in [0.717, 1.165) is 17.2 Å². The molecule has 0 spiro atoms. The van der Waals surface area contributed by atoms with E-state index < -0.39 is 23.2 Å². The minimum atomic E-state index is -4.61. The monoisotopic (exact) mass is 435 g/mol. The molecule has 4 nitrogen and oxygen atoms in total. The summed E-state index contributed by atoms with van der Waals surface area (Å²) >= 11 is 0. The number of carbonyl (C=O) groups is 1. The number of hydrogen-bond acceptors (Lipinski definition) is 2. The second-order valence-electron chi connectivity index (χ2n) is 7.28. The molecule has 0 aliphatic carbocycles. The van der Waals surface area contributed by atoms with Crippen LogP contribution in [0.4, 0.5) is 13.2 Å². The van der Waals surface area contributed by atoms with Crippen molar-refractivity contribution < 1.29 is 18.0 Å². The van der Waals surface area contributed by atoms with Crippen LogP contribution in [0.3, 0.4) is 0 Å². The third-order valence-electron chi connectivity index (χ3n) is 4.99. The molecule has 4 rings (SSSR count). The number of alkyl halides is 3. The Morgan fingerprint density at radius 2 is 1.50 bits per heavy atom. The van der Waals surface area contributed by atoms with Gasteiger partial charge in [-0.25, -0.2) is 0 Å². The Labute approximate surface area is 183 Å². The van der Waals surface area contributed by atoms with Crippen molar-refractivity contribution in [1.29, 1.82) is 0 Å². The lowest BCUT2D eigenvalue weighted by Gasteiger charge is -2.12. The number of aromatic nitrogens is 2. The quantitative estimate of drug-likeness (QED) is 0.432. The lowest BCUT2D eigenvalue weighted by molar-refractivity contribution is -0.137. The van der Waals surface area contributed by atoms with Gasteiger partial charge in [-0.2, -0.15) is 18.3 Å². The maximum atomic E-state index is 13.3. The van der Waals surface area contributed by atoms with Crippen molar-refractivity contribution in [2.24, 2.45) is 0 Å². The van der Waals surface area contributed by atoms with Gasteiger partial charge in [0.25, 0.3) is 5.91 Å². The van der Waals surface area contributed by atoms with Crippen molar-refractivity contribution in [2.75, 3.05) is 0 Å². The minimum absolute atomic E-state index is 0.0457. The Kier molecular flexibility index (Phi) is 6.07. The van der Waals surface area contributed by atoms with Crippen LogP contribution in [0, 0.1) is 0 Å². The molecule has 162 valence electrons. The molecule has 32 heavy (non-hydrogen) atoms. The van der Waals surface area contributed by atoms with Crippen LogP contribution in [0.5, 0.6) is 0 Å². The molecule has 0 fully saturated rings. The molecule has 0 unspecified atom stereocenters. The lowest BCUT2D eigenvalue weighted by Crippen LogP contribution is -2.26. The number of nitrogens with one attached hydrogen (secondary N) is 1. The van der Waals surface area contributed by atoms with Crippen molar-refractivity contribution in [3.8, 4) is 11.3 Å². The van der Waals surface area contributed by atoms with Crippen LogP contribution in [0.15, 0.2) is 91.1 Å². The topological polar surface area (TPSA) is 46.9 Å². The standard InChI is InChI=1S/C25H20F3N3O/c26-25(27,28)22-14-8-7-13-21(22)24(32)29-15-20-17-31(16-18-9-3-1-4-10-18)30-23(20)19-11-5-2-6-12-19/h1-14,17H,15-16H2,(H,29,32). The van der Waals surface area contributed by atoms with E-state index in [-0.39, 0.29) is 6.54 Å². The van der Waals surface area contributed by atoms with Gasteiger partial charge in [-0.3, -0.25) is 9.48 Å². The molecule has 0 saturated carbocycles. The Bertz CT molecular complexity index is 1200. The largest absolute Gasteiger partial charge is 0.417 e. The van der Waals surface area contributed by atoms with Gasteiger partial charge in [-0.15, -0.1) is 0 Å². The maximum Gasteiger partial charge on any atom is 0.417 e. The highest BCUT2D eigenvalue weighted by Crippen LogP contribution is 2.32. The molecular weight excluding hydrogens is 415 g/mol. The van der Waals surface area contributed by atoms with Crippen molar-refractivity contribution >= 4 is 5.91 Å². The number of amides is 1. The molecular formula is C25H20F3N3O. The van der Waals surface area contributed by atoms with Gasteiger partial charge in [0.05, 0.1) is 23.4 Å².